The largest absolute Gasteiger partial charge is 0.460 e. The number of anilines is 1. The molecule has 2 saturated heterocycles. The second kappa shape index (κ2) is 8.62. The number of amides is 2. The molecular formula is C19H23F2N3O5. The van der Waals surface area contributed by atoms with Crippen LogP contribution in [0.2, 0.25) is 0 Å². The summed E-state index contributed by atoms with van der Waals surface area (Å²) in [5.74, 6) is -3.16. The van der Waals surface area contributed by atoms with Gasteiger partial charge in [0.1, 0.15) is 23.4 Å². The molecule has 2 fully saturated rings. The first-order valence-corrected chi connectivity index (χ1v) is 9.32. The van der Waals surface area contributed by atoms with Crippen LogP contribution < -0.4 is 10.2 Å². The second-order valence-electron chi connectivity index (χ2n) is 7.06. The average Bonchev–Trinajstić information content (AvgIpc) is 3.06. The normalized spacial score (nSPS) is 21.7. The topological polar surface area (TPSA) is 88.2 Å². The van der Waals surface area contributed by atoms with Gasteiger partial charge in [0.05, 0.1) is 19.6 Å². The number of rotatable bonds is 4. The van der Waals surface area contributed by atoms with Crippen molar-refractivity contribution in [3.63, 3.8) is 0 Å². The van der Waals surface area contributed by atoms with Crippen LogP contribution >= 0.6 is 0 Å². The number of methoxy groups -OCH3 is 1. The van der Waals surface area contributed by atoms with E-state index in [2.05, 4.69) is 10.1 Å². The Morgan fingerprint density at radius 3 is 2.38 bits per heavy atom. The van der Waals surface area contributed by atoms with Crippen molar-refractivity contribution in [1.29, 1.82) is 0 Å². The highest BCUT2D eigenvalue weighted by Gasteiger charge is 2.37. The summed E-state index contributed by atoms with van der Waals surface area (Å²) in [6.07, 6.45) is -0.780. The molecule has 0 saturated carbocycles. The van der Waals surface area contributed by atoms with Crippen LogP contribution in [0.3, 0.4) is 0 Å². The third-order valence-electron chi connectivity index (χ3n) is 5.11. The zero-order chi connectivity index (χ0) is 21.1. The minimum Gasteiger partial charge on any atom is -0.460 e. The summed E-state index contributed by atoms with van der Waals surface area (Å²) in [6, 6.07) is 2.30. The van der Waals surface area contributed by atoms with E-state index in [1.807, 2.05) is 0 Å². The Balaban J connectivity index is 1.71. The van der Waals surface area contributed by atoms with Crippen LogP contribution in [-0.4, -0.2) is 68.8 Å². The van der Waals surface area contributed by atoms with Crippen LogP contribution in [-0.2, 0) is 19.1 Å². The van der Waals surface area contributed by atoms with Crippen LogP contribution in [0.5, 0.6) is 0 Å². The summed E-state index contributed by atoms with van der Waals surface area (Å²) in [5.41, 5.74) is 0.0201. The van der Waals surface area contributed by atoms with Crippen molar-refractivity contribution in [1.82, 2.24) is 10.2 Å². The number of hydrogen-bond donors (Lipinski definition) is 1. The van der Waals surface area contributed by atoms with Gasteiger partial charge in [-0.15, -0.1) is 0 Å². The highest BCUT2D eigenvalue weighted by molar-refractivity contribution is 5.81. The molecule has 1 N–H and O–H groups in total. The number of benzene rings is 1. The fourth-order valence-electron chi connectivity index (χ4n) is 3.64. The van der Waals surface area contributed by atoms with Gasteiger partial charge in [0, 0.05) is 39.5 Å². The Bertz CT molecular complexity index is 788. The molecule has 0 spiro atoms. The molecule has 3 rings (SSSR count). The van der Waals surface area contributed by atoms with E-state index in [1.165, 1.54) is 23.8 Å². The Hall–Kier alpha value is -2.91. The predicted octanol–water partition coefficient (Wildman–Crippen LogP) is 1.39. The maximum Gasteiger partial charge on any atom is 0.409 e. The smallest absolute Gasteiger partial charge is 0.409 e. The van der Waals surface area contributed by atoms with E-state index in [-0.39, 0.29) is 56.3 Å². The standard InChI is InChI=1S/C19H23F2N3O5/c1-11(25)22-10-13-9-14(18(26)29-13)12-7-15(20)17(16(21)8-12)23-3-5-24(6-4-23)19(27)28-2/h7-8,13-14H,3-6,9-10H2,1-2H3,(H,22,25)/t13?,14-/m1/s1. The van der Waals surface area contributed by atoms with Gasteiger partial charge in [0.15, 0.2) is 0 Å². The van der Waals surface area contributed by atoms with Crippen LogP contribution in [0.15, 0.2) is 12.1 Å². The minimum absolute atomic E-state index is 0.158. The maximum absolute atomic E-state index is 14.8. The van der Waals surface area contributed by atoms with E-state index in [0.717, 1.165) is 12.1 Å². The van der Waals surface area contributed by atoms with Crippen molar-refractivity contribution < 1.29 is 32.6 Å². The van der Waals surface area contributed by atoms with E-state index in [9.17, 15) is 23.2 Å². The SMILES string of the molecule is COC(=O)N1CCN(c2c(F)cc([C@H]3CC(CNC(C)=O)OC3=O)cc2F)CC1. The monoisotopic (exact) mass is 411 g/mol. The van der Waals surface area contributed by atoms with Gasteiger partial charge in [-0.05, 0) is 17.7 Å². The quantitative estimate of drug-likeness (QED) is 0.754. The summed E-state index contributed by atoms with van der Waals surface area (Å²) < 4.78 is 39.4. The number of ether oxygens (including phenoxy) is 2. The van der Waals surface area contributed by atoms with E-state index >= 15 is 0 Å². The molecule has 0 radical (unpaired) electrons. The number of halogens is 2. The average molecular weight is 411 g/mol. The van der Waals surface area contributed by atoms with Crippen molar-refractivity contribution >= 4 is 23.7 Å². The Labute approximate surface area is 166 Å². The lowest BCUT2D eigenvalue weighted by Crippen LogP contribution is -2.49. The van der Waals surface area contributed by atoms with Gasteiger partial charge < -0.3 is 24.6 Å². The summed E-state index contributed by atoms with van der Waals surface area (Å²) in [7, 11) is 1.28. The first-order chi connectivity index (χ1) is 13.8. The van der Waals surface area contributed by atoms with Gasteiger partial charge in [-0.3, -0.25) is 9.59 Å². The number of hydrogen-bond acceptors (Lipinski definition) is 6. The molecule has 158 valence electrons. The number of nitrogens with one attached hydrogen (secondary N) is 1. The summed E-state index contributed by atoms with van der Waals surface area (Å²) in [5, 5.41) is 2.56. The highest BCUT2D eigenvalue weighted by atomic mass is 19.1. The molecule has 1 unspecified atom stereocenters. The summed E-state index contributed by atoms with van der Waals surface area (Å²) in [6.45, 7) is 2.59. The molecule has 2 aliphatic rings. The molecule has 1 aromatic carbocycles. The van der Waals surface area contributed by atoms with Crippen LogP contribution in [0.25, 0.3) is 0 Å². The lowest BCUT2D eigenvalue weighted by molar-refractivity contribution is -0.142. The molecule has 10 heteroatoms. The van der Waals surface area contributed by atoms with Crippen LogP contribution in [0.4, 0.5) is 19.3 Å². The lowest BCUT2D eigenvalue weighted by atomic mass is 9.94. The molecule has 0 aliphatic carbocycles. The van der Waals surface area contributed by atoms with E-state index < -0.39 is 35.7 Å². The van der Waals surface area contributed by atoms with Gasteiger partial charge in [-0.25, -0.2) is 13.6 Å². The summed E-state index contributed by atoms with van der Waals surface area (Å²) in [4.78, 5) is 37.7. The fourth-order valence-corrected chi connectivity index (χ4v) is 3.64. The first kappa shape index (κ1) is 20.8. The zero-order valence-corrected chi connectivity index (χ0v) is 16.2. The molecule has 2 atom stereocenters. The summed E-state index contributed by atoms with van der Waals surface area (Å²) >= 11 is 0. The highest BCUT2D eigenvalue weighted by Crippen LogP contribution is 2.34. The number of cyclic esters (lactones) is 1. The number of carbonyl (C=O) groups is 3. The van der Waals surface area contributed by atoms with Gasteiger partial charge in [-0.1, -0.05) is 0 Å². The van der Waals surface area contributed by atoms with E-state index in [0.29, 0.717) is 0 Å². The van der Waals surface area contributed by atoms with E-state index in [4.69, 9.17) is 4.74 Å². The Morgan fingerprint density at radius 2 is 1.83 bits per heavy atom. The number of carbonyl (C=O) groups excluding carboxylic acids is 3. The molecular weight excluding hydrogens is 388 g/mol. The molecule has 29 heavy (non-hydrogen) atoms. The van der Waals surface area contributed by atoms with Crippen molar-refractivity contribution in [3.05, 3.63) is 29.3 Å². The van der Waals surface area contributed by atoms with Gasteiger partial charge >= 0.3 is 12.1 Å². The predicted molar refractivity (Wildman–Crippen MR) is 98.5 cm³/mol. The minimum atomic E-state index is -0.789. The molecule has 0 bridgehead atoms. The molecule has 8 nitrogen and oxygen atoms in total. The van der Waals surface area contributed by atoms with E-state index in [1.54, 1.807) is 0 Å². The number of esters is 1. The van der Waals surface area contributed by atoms with Gasteiger partial charge in [0.25, 0.3) is 0 Å². The van der Waals surface area contributed by atoms with Crippen LogP contribution in [0, 0.1) is 11.6 Å². The number of piperazine rings is 1. The van der Waals surface area contributed by atoms with Crippen molar-refractivity contribution in [2.24, 2.45) is 0 Å². The fraction of sp³-hybridized carbons (Fsp3) is 0.526. The molecule has 2 heterocycles. The first-order valence-electron chi connectivity index (χ1n) is 9.32. The molecule has 2 aliphatic heterocycles. The third-order valence-corrected chi connectivity index (χ3v) is 5.11. The van der Waals surface area contributed by atoms with Gasteiger partial charge in [-0.2, -0.15) is 0 Å². The lowest BCUT2D eigenvalue weighted by Gasteiger charge is -2.35. The Morgan fingerprint density at radius 1 is 1.21 bits per heavy atom. The number of nitrogens with zero attached hydrogens (tertiary/aromatic N) is 2. The van der Waals surface area contributed by atoms with Crippen LogP contribution in [0.1, 0.15) is 24.8 Å². The maximum atomic E-state index is 14.8. The molecule has 2 amide bonds. The van der Waals surface area contributed by atoms with Gasteiger partial charge in [0.2, 0.25) is 5.91 Å². The Kier molecular flexibility index (Phi) is 6.19. The zero-order valence-electron chi connectivity index (χ0n) is 16.2. The second-order valence-corrected chi connectivity index (χ2v) is 7.06. The van der Waals surface area contributed by atoms with Crippen molar-refractivity contribution in [2.45, 2.75) is 25.4 Å². The molecule has 0 aromatic heterocycles. The van der Waals surface area contributed by atoms with Crippen molar-refractivity contribution in [2.75, 3.05) is 44.7 Å². The van der Waals surface area contributed by atoms with Crippen molar-refractivity contribution in [3.8, 4) is 0 Å². The third kappa shape index (κ3) is 4.57. The molecule has 1 aromatic rings.